The fourth-order valence-corrected chi connectivity index (χ4v) is 0.361. The maximum absolute atomic E-state index is 4.59. The van der Waals surface area contributed by atoms with Crippen molar-refractivity contribution in [2.24, 2.45) is 0 Å². The molecule has 0 atom stereocenters. The van der Waals surface area contributed by atoms with Gasteiger partial charge in [-0.15, -0.1) is 37.2 Å². The van der Waals surface area contributed by atoms with Crippen LogP contribution in [-0.4, -0.2) is 17.1 Å². The molecule has 0 rings (SSSR count). The summed E-state index contributed by atoms with van der Waals surface area (Å²) in [6.07, 6.45) is 2.34. The molecular weight excluding hydrogens is 198 g/mol. The van der Waals surface area contributed by atoms with Crippen LogP contribution in [0.2, 0.25) is 0 Å². The standard InChI is InChI=1S/C4H9OSi.3ClH/c1-2-3-4-5-6;;;/h2-4H2,1H3;3*1H. The highest BCUT2D eigenvalue weighted by atomic mass is 35.5. The third kappa shape index (κ3) is 27.4. The molecule has 0 saturated heterocycles. The topological polar surface area (TPSA) is 9.23 Å². The zero-order valence-electron chi connectivity index (χ0n) is 5.25. The van der Waals surface area contributed by atoms with Crippen LogP contribution >= 0.6 is 37.2 Å². The van der Waals surface area contributed by atoms with E-state index < -0.39 is 0 Å². The Hall–Kier alpha value is 1.05. The Kier molecular flexibility index (Phi) is 57.5. The number of hydrogen-bond acceptors (Lipinski definition) is 1. The zero-order valence-corrected chi connectivity index (χ0v) is 8.70. The van der Waals surface area contributed by atoms with Crippen LogP contribution < -0.4 is 0 Å². The Morgan fingerprint density at radius 2 is 1.67 bits per heavy atom. The van der Waals surface area contributed by atoms with Crippen LogP contribution in [0.3, 0.4) is 0 Å². The highest BCUT2D eigenvalue weighted by molar-refractivity contribution is 5.97. The first-order valence-electron chi connectivity index (χ1n) is 2.20. The highest BCUT2D eigenvalue weighted by Gasteiger charge is 1.74. The van der Waals surface area contributed by atoms with Crippen LogP contribution in [0.1, 0.15) is 19.8 Å². The molecule has 59 valence electrons. The van der Waals surface area contributed by atoms with E-state index in [2.05, 4.69) is 21.8 Å². The average Bonchev–Trinajstić information content (AvgIpc) is 1.61. The van der Waals surface area contributed by atoms with E-state index in [0.717, 1.165) is 13.0 Å². The lowest BCUT2D eigenvalue weighted by Crippen LogP contribution is -1.85. The summed E-state index contributed by atoms with van der Waals surface area (Å²) in [7, 11) is 2.89. The van der Waals surface area contributed by atoms with Crippen molar-refractivity contribution in [1.82, 2.24) is 0 Å². The second-order valence-electron chi connectivity index (χ2n) is 1.20. The minimum Gasteiger partial charge on any atom is -0.419 e. The lowest BCUT2D eigenvalue weighted by molar-refractivity contribution is 0.339. The molecule has 0 aromatic heterocycles. The first kappa shape index (κ1) is 22.5. The molecule has 0 aliphatic heterocycles. The first-order chi connectivity index (χ1) is 2.91. The molecule has 0 spiro atoms. The molecule has 0 bridgehead atoms. The molecule has 0 saturated carbocycles. The van der Waals surface area contributed by atoms with Crippen LogP contribution in [0.4, 0.5) is 0 Å². The quantitative estimate of drug-likeness (QED) is 0.512. The summed E-state index contributed by atoms with van der Waals surface area (Å²) in [5.74, 6) is 0. The smallest absolute Gasteiger partial charge is 0.246 e. The summed E-state index contributed by atoms with van der Waals surface area (Å²) in [4.78, 5) is 0. The molecule has 0 fully saturated rings. The molecule has 0 aliphatic rings. The van der Waals surface area contributed by atoms with Gasteiger partial charge in [-0.1, -0.05) is 13.3 Å². The molecule has 0 aliphatic carbocycles. The largest absolute Gasteiger partial charge is 0.419 e. The fraction of sp³-hybridized carbons (Fsp3) is 1.00. The Bertz CT molecular complexity index is 27.8. The number of halogens is 3. The lowest BCUT2D eigenvalue weighted by Gasteiger charge is -1.89. The van der Waals surface area contributed by atoms with Gasteiger partial charge in [-0.3, -0.25) is 0 Å². The van der Waals surface area contributed by atoms with Gasteiger partial charge in [0.15, 0.2) is 0 Å². The van der Waals surface area contributed by atoms with Crippen molar-refractivity contribution in [1.29, 1.82) is 0 Å². The van der Waals surface area contributed by atoms with E-state index in [9.17, 15) is 0 Å². The lowest BCUT2D eigenvalue weighted by atomic mass is 10.4. The van der Waals surface area contributed by atoms with E-state index in [1.165, 1.54) is 6.42 Å². The molecule has 0 aromatic carbocycles. The van der Waals surface area contributed by atoms with Crippen LogP contribution in [-0.2, 0) is 4.43 Å². The van der Waals surface area contributed by atoms with E-state index in [4.69, 9.17) is 0 Å². The van der Waals surface area contributed by atoms with Gasteiger partial charge in [-0.05, 0) is 6.42 Å². The van der Waals surface area contributed by atoms with Crippen molar-refractivity contribution in [3.8, 4) is 0 Å². The monoisotopic (exact) mass is 209 g/mol. The summed E-state index contributed by atoms with van der Waals surface area (Å²) in [5.41, 5.74) is 0. The first-order valence-corrected chi connectivity index (χ1v) is 2.61. The van der Waals surface area contributed by atoms with Crippen molar-refractivity contribution in [2.45, 2.75) is 19.8 Å². The summed E-state index contributed by atoms with van der Waals surface area (Å²) in [6.45, 7) is 2.96. The van der Waals surface area contributed by atoms with Gasteiger partial charge >= 0.3 is 0 Å². The minimum absolute atomic E-state index is 0. The van der Waals surface area contributed by atoms with Crippen molar-refractivity contribution in [2.75, 3.05) is 6.61 Å². The van der Waals surface area contributed by atoms with Gasteiger partial charge in [0.2, 0.25) is 10.5 Å². The van der Waals surface area contributed by atoms with E-state index >= 15 is 0 Å². The summed E-state index contributed by atoms with van der Waals surface area (Å²) >= 11 is 0. The molecule has 0 heterocycles. The van der Waals surface area contributed by atoms with Crippen LogP contribution in [0.15, 0.2) is 0 Å². The molecule has 3 radical (unpaired) electrons. The third-order valence-electron chi connectivity index (χ3n) is 0.600. The van der Waals surface area contributed by atoms with Gasteiger partial charge in [-0.25, -0.2) is 0 Å². The minimum atomic E-state index is 0. The van der Waals surface area contributed by atoms with Crippen LogP contribution in [0, 0.1) is 0 Å². The molecule has 0 aromatic rings. The predicted octanol–water partition coefficient (Wildman–Crippen LogP) is 2.15. The van der Waals surface area contributed by atoms with Gasteiger partial charge in [0.25, 0.3) is 0 Å². The number of hydrogen-bond donors (Lipinski definition) is 0. The Balaban J connectivity index is -0.0000000417. The van der Waals surface area contributed by atoms with Gasteiger partial charge in [-0.2, -0.15) is 0 Å². The van der Waals surface area contributed by atoms with Crippen molar-refractivity contribution in [3.63, 3.8) is 0 Å². The summed E-state index contributed by atoms with van der Waals surface area (Å²) < 4.78 is 4.59. The van der Waals surface area contributed by atoms with Gasteiger partial charge in [0.1, 0.15) is 0 Å². The fourth-order valence-electron chi connectivity index (χ4n) is 0.217. The number of rotatable bonds is 3. The predicted molar refractivity (Wildman–Crippen MR) is 48.4 cm³/mol. The average molecular weight is 211 g/mol. The number of unbranched alkanes of at least 4 members (excludes halogenated alkanes) is 1. The summed E-state index contributed by atoms with van der Waals surface area (Å²) in [6, 6.07) is 0. The molecule has 9 heavy (non-hydrogen) atoms. The Morgan fingerprint density at radius 3 is 1.78 bits per heavy atom. The molecule has 0 N–H and O–H groups in total. The molecular formula is C4H12Cl3OSi. The van der Waals surface area contributed by atoms with E-state index in [0.29, 0.717) is 0 Å². The van der Waals surface area contributed by atoms with E-state index in [-0.39, 0.29) is 37.2 Å². The second-order valence-corrected chi connectivity index (χ2v) is 1.49. The maximum Gasteiger partial charge on any atom is 0.246 e. The third-order valence-corrected chi connectivity index (χ3v) is 0.804. The Morgan fingerprint density at radius 1 is 1.22 bits per heavy atom. The molecule has 0 unspecified atom stereocenters. The molecule has 5 heteroatoms. The van der Waals surface area contributed by atoms with Crippen LogP contribution in [0.25, 0.3) is 0 Å². The van der Waals surface area contributed by atoms with Crippen molar-refractivity contribution >= 4 is 47.7 Å². The highest BCUT2D eigenvalue weighted by Crippen LogP contribution is 1.82. The summed E-state index contributed by atoms with van der Waals surface area (Å²) in [5, 5.41) is 0. The maximum atomic E-state index is 4.59. The van der Waals surface area contributed by atoms with Gasteiger partial charge in [0.05, 0.1) is 0 Å². The zero-order chi connectivity index (χ0) is 4.83. The van der Waals surface area contributed by atoms with E-state index in [1.54, 1.807) is 0 Å². The second kappa shape index (κ2) is 23.0. The molecule has 0 amide bonds. The van der Waals surface area contributed by atoms with Gasteiger partial charge < -0.3 is 4.43 Å². The van der Waals surface area contributed by atoms with Crippen molar-refractivity contribution < 1.29 is 4.43 Å². The van der Waals surface area contributed by atoms with Crippen molar-refractivity contribution in [3.05, 3.63) is 0 Å². The van der Waals surface area contributed by atoms with E-state index in [1.807, 2.05) is 0 Å². The SMILES string of the molecule is CCCCO[Si].Cl.Cl.Cl. The Labute approximate surface area is 78.7 Å². The van der Waals surface area contributed by atoms with Crippen LogP contribution in [0.5, 0.6) is 0 Å². The molecule has 1 nitrogen and oxygen atoms in total. The van der Waals surface area contributed by atoms with Gasteiger partial charge in [0, 0.05) is 6.61 Å². The normalized spacial score (nSPS) is 6.00.